The smallest absolute Gasteiger partial charge is 0.321 e. The molecule has 4 aliphatic rings. The highest BCUT2D eigenvalue weighted by molar-refractivity contribution is 5.94. The molecular formula is C26H32N6O3. The van der Waals surface area contributed by atoms with Crippen molar-refractivity contribution in [2.45, 2.75) is 26.8 Å². The molecule has 0 atom stereocenters. The zero-order valence-corrected chi connectivity index (χ0v) is 20.3. The van der Waals surface area contributed by atoms with E-state index in [-0.39, 0.29) is 11.9 Å². The third kappa shape index (κ3) is 7.13. The van der Waals surface area contributed by atoms with Crippen LogP contribution in [-0.2, 0) is 13.0 Å². The van der Waals surface area contributed by atoms with Gasteiger partial charge in [-0.25, -0.2) is 0 Å². The van der Waals surface area contributed by atoms with Gasteiger partial charge in [0.25, 0.3) is 5.91 Å². The van der Waals surface area contributed by atoms with E-state index in [0.717, 1.165) is 36.5 Å². The summed E-state index contributed by atoms with van der Waals surface area (Å²) in [6.07, 6.45) is 0.497. The number of benzene rings is 2. The van der Waals surface area contributed by atoms with E-state index in [1.54, 1.807) is 0 Å². The van der Waals surface area contributed by atoms with Gasteiger partial charge < -0.3 is 20.1 Å². The van der Waals surface area contributed by atoms with Crippen molar-refractivity contribution >= 4 is 11.9 Å². The van der Waals surface area contributed by atoms with E-state index < -0.39 is 0 Å². The molecule has 0 saturated heterocycles. The number of rotatable bonds is 3. The Morgan fingerprint density at radius 2 is 1.71 bits per heavy atom. The van der Waals surface area contributed by atoms with Gasteiger partial charge in [-0.15, -0.1) is 0 Å². The Kier molecular flexibility index (Phi) is 8.45. The van der Waals surface area contributed by atoms with E-state index in [1.165, 1.54) is 0 Å². The van der Waals surface area contributed by atoms with Crippen LogP contribution in [0.5, 0.6) is 11.8 Å². The lowest BCUT2D eigenvalue weighted by Crippen LogP contribution is -2.36. The Bertz CT molecular complexity index is 1110. The highest BCUT2D eigenvalue weighted by Gasteiger charge is 2.11. The van der Waals surface area contributed by atoms with E-state index in [2.05, 4.69) is 37.4 Å². The monoisotopic (exact) mass is 476 g/mol. The first-order chi connectivity index (χ1) is 17.1. The Morgan fingerprint density at radius 3 is 2.46 bits per heavy atom. The van der Waals surface area contributed by atoms with Gasteiger partial charge in [0.15, 0.2) is 0 Å². The molecule has 9 nitrogen and oxygen atoms in total. The third-order valence-electron chi connectivity index (χ3n) is 5.72. The molecule has 0 fully saturated rings. The van der Waals surface area contributed by atoms with Gasteiger partial charge in [0.2, 0.25) is 5.95 Å². The molecule has 184 valence electrons. The molecule has 6 bridgehead atoms. The third-order valence-corrected chi connectivity index (χ3v) is 5.72. The molecule has 0 saturated carbocycles. The van der Waals surface area contributed by atoms with Crippen LogP contribution in [-0.4, -0.2) is 65.2 Å². The van der Waals surface area contributed by atoms with Gasteiger partial charge in [0.1, 0.15) is 18.2 Å². The van der Waals surface area contributed by atoms with Crippen molar-refractivity contribution < 1.29 is 14.3 Å². The van der Waals surface area contributed by atoms with Crippen LogP contribution in [0.4, 0.5) is 5.95 Å². The molecule has 9 heteroatoms. The Morgan fingerprint density at radius 1 is 0.943 bits per heavy atom. The summed E-state index contributed by atoms with van der Waals surface area (Å²) in [5, 5.41) is 6.27. The van der Waals surface area contributed by atoms with Gasteiger partial charge in [-0.3, -0.25) is 9.69 Å². The van der Waals surface area contributed by atoms with Gasteiger partial charge in [-0.1, -0.05) is 31.2 Å². The predicted molar refractivity (Wildman–Crippen MR) is 134 cm³/mol. The number of nitrogens with one attached hydrogen (secondary N) is 2. The van der Waals surface area contributed by atoms with E-state index in [1.807, 2.05) is 55.5 Å². The van der Waals surface area contributed by atoms with Crippen molar-refractivity contribution in [3.05, 3.63) is 71.0 Å². The topological polar surface area (TPSA) is 102 Å². The first-order valence-electron chi connectivity index (χ1n) is 12.1. The molecule has 7 rings (SSSR count). The first-order valence-corrected chi connectivity index (χ1v) is 12.1. The van der Waals surface area contributed by atoms with Gasteiger partial charge >= 0.3 is 6.01 Å². The van der Waals surface area contributed by atoms with Gasteiger partial charge in [0, 0.05) is 38.2 Å². The van der Waals surface area contributed by atoms with Crippen molar-refractivity contribution in [3.8, 4) is 11.8 Å². The predicted octanol–water partition coefficient (Wildman–Crippen LogP) is 2.92. The van der Waals surface area contributed by atoms with E-state index >= 15 is 0 Å². The van der Waals surface area contributed by atoms with Crippen LogP contribution in [0.3, 0.4) is 0 Å². The normalized spacial score (nSPS) is 15.3. The van der Waals surface area contributed by atoms with Crippen LogP contribution >= 0.6 is 0 Å². The molecule has 1 aromatic heterocycles. The standard InChI is InChI=1S/C26H32N6O3/c1-3-32-14-13-27-24(33)21-9-5-19(6-10-21)17-23-29-25(31-26(30-23)34-4-2)28-18-20-7-11-22(12-8-20)35-16-15-32/h5-12H,3-4,13-18H2,1-2H3,(H,27,33)(H,28,29,30,31). The highest BCUT2D eigenvalue weighted by atomic mass is 16.5. The fourth-order valence-corrected chi connectivity index (χ4v) is 3.74. The number of carbonyl (C=O) groups excluding carboxylic acids is 1. The second-order valence-corrected chi connectivity index (χ2v) is 8.20. The van der Waals surface area contributed by atoms with E-state index in [4.69, 9.17) is 9.47 Å². The Hall–Kier alpha value is -3.72. The van der Waals surface area contributed by atoms with Crippen LogP contribution in [0.2, 0.25) is 0 Å². The molecule has 0 radical (unpaired) electrons. The average Bonchev–Trinajstić information content (AvgIpc) is 2.87. The maximum absolute atomic E-state index is 12.6. The van der Waals surface area contributed by atoms with Crippen LogP contribution < -0.4 is 20.1 Å². The number of carbonyl (C=O) groups is 1. The highest BCUT2D eigenvalue weighted by Crippen LogP contribution is 2.16. The first kappa shape index (κ1) is 24.4. The molecule has 35 heavy (non-hydrogen) atoms. The number of amides is 1. The second-order valence-electron chi connectivity index (χ2n) is 8.20. The summed E-state index contributed by atoms with van der Waals surface area (Å²) in [7, 11) is 0. The molecule has 0 aliphatic carbocycles. The number of nitrogens with zero attached hydrogens (tertiary/aromatic N) is 4. The van der Waals surface area contributed by atoms with Crippen molar-refractivity contribution in [1.82, 2.24) is 25.2 Å². The molecule has 3 aromatic rings. The van der Waals surface area contributed by atoms with Crippen LogP contribution in [0.25, 0.3) is 0 Å². The molecular weight excluding hydrogens is 444 g/mol. The minimum Gasteiger partial charge on any atom is -0.492 e. The average molecular weight is 477 g/mol. The molecule has 4 aliphatic heterocycles. The van der Waals surface area contributed by atoms with Crippen molar-refractivity contribution in [2.75, 3.05) is 44.7 Å². The number of hydrogen-bond acceptors (Lipinski definition) is 8. The largest absolute Gasteiger partial charge is 0.492 e. The van der Waals surface area contributed by atoms with E-state index in [0.29, 0.717) is 50.1 Å². The number of aromatic nitrogens is 3. The van der Waals surface area contributed by atoms with Crippen molar-refractivity contribution in [1.29, 1.82) is 0 Å². The number of anilines is 1. The number of hydrogen-bond donors (Lipinski definition) is 2. The maximum atomic E-state index is 12.6. The van der Waals surface area contributed by atoms with Gasteiger partial charge in [-0.2, -0.15) is 15.0 Å². The van der Waals surface area contributed by atoms with E-state index in [9.17, 15) is 4.79 Å². The second kappa shape index (κ2) is 12.1. The lowest BCUT2D eigenvalue weighted by molar-refractivity contribution is 0.0947. The summed E-state index contributed by atoms with van der Waals surface area (Å²) in [5.74, 6) is 1.78. The molecule has 0 unspecified atom stereocenters. The molecule has 2 aromatic carbocycles. The Balaban J connectivity index is 1.57. The number of ether oxygens (including phenoxy) is 2. The zero-order chi connectivity index (χ0) is 24.5. The number of likely N-dealkylation sites (N-methyl/N-ethyl adjacent to an activating group) is 1. The lowest BCUT2D eigenvalue weighted by Gasteiger charge is -2.20. The SMILES string of the molecule is CCOc1nc2nc(n1)NCc1ccc(cc1)OCCN(CC)CCNC(=O)c1ccc(cc1)C2. The summed E-state index contributed by atoms with van der Waals surface area (Å²) < 4.78 is 11.5. The molecule has 2 N–H and O–H groups in total. The van der Waals surface area contributed by atoms with Crippen LogP contribution in [0.1, 0.15) is 41.2 Å². The summed E-state index contributed by atoms with van der Waals surface area (Å²) in [5.41, 5.74) is 2.70. The fraction of sp³-hybridized carbons (Fsp3) is 0.385. The maximum Gasteiger partial charge on any atom is 0.321 e. The van der Waals surface area contributed by atoms with Gasteiger partial charge in [0.05, 0.1) is 6.61 Å². The quantitative estimate of drug-likeness (QED) is 0.595. The molecule has 0 spiro atoms. The Labute approximate surface area is 205 Å². The minimum atomic E-state index is -0.0867. The molecule has 5 heterocycles. The summed E-state index contributed by atoms with van der Waals surface area (Å²) in [6, 6.07) is 15.8. The van der Waals surface area contributed by atoms with Crippen molar-refractivity contribution in [2.24, 2.45) is 0 Å². The zero-order valence-electron chi connectivity index (χ0n) is 20.3. The molecule has 1 amide bonds. The van der Waals surface area contributed by atoms with Crippen molar-refractivity contribution in [3.63, 3.8) is 0 Å². The van der Waals surface area contributed by atoms with Gasteiger partial charge in [-0.05, 0) is 48.9 Å². The summed E-state index contributed by atoms with van der Waals surface area (Å²) in [6.45, 7) is 8.61. The summed E-state index contributed by atoms with van der Waals surface area (Å²) in [4.78, 5) is 28.2. The minimum absolute atomic E-state index is 0.0867. The fourth-order valence-electron chi connectivity index (χ4n) is 3.74. The van der Waals surface area contributed by atoms with Crippen LogP contribution in [0.15, 0.2) is 48.5 Å². The van der Waals surface area contributed by atoms with Crippen LogP contribution in [0, 0.1) is 0 Å². The lowest BCUT2D eigenvalue weighted by atomic mass is 10.1. The summed E-state index contributed by atoms with van der Waals surface area (Å²) >= 11 is 0.